The lowest BCUT2D eigenvalue weighted by atomic mass is 10.2. The van der Waals surface area contributed by atoms with Crippen LogP contribution in [-0.2, 0) is 9.53 Å². The summed E-state index contributed by atoms with van der Waals surface area (Å²) in [5.74, 6) is -0.880. The Morgan fingerprint density at radius 3 is 2.40 bits per heavy atom. The molecule has 0 aliphatic rings. The topological polar surface area (TPSA) is 72.4 Å². The summed E-state index contributed by atoms with van der Waals surface area (Å²) in [6.07, 6.45) is 2.23. The molecular formula is C19H17N3O3. The molecule has 1 unspecified atom stereocenters. The van der Waals surface area contributed by atoms with Gasteiger partial charge < -0.3 is 9.64 Å². The lowest BCUT2D eigenvalue weighted by Gasteiger charge is -2.21. The van der Waals surface area contributed by atoms with Crippen LogP contribution in [0.5, 0.6) is 0 Å². The number of ether oxygens (including phenoxy) is 1. The number of rotatable bonds is 4. The van der Waals surface area contributed by atoms with Gasteiger partial charge in [0.15, 0.2) is 6.10 Å². The van der Waals surface area contributed by atoms with E-state index >= 15 is 0 Å². The Morgan fingerprint density at radius 2 is 1.68 bits per heavy atom. The summed E-state index contributed by atoms with van der Waals surface area (Å²) in [5, 5.41) is 0. The van der Waals surface area contributed by atoms with Crippen LogP contribution in [0.15, 0.2) is 60.9 Å². The molecule has 6 heteroatoms. The molecule has 0 aliphatic heterocycles. The van der Waals surface area contributed by atoms with Crippen LogP contribution in [0.3, 0.4) is 0 Å². The van der Waals surface area contributed by atoms with Gasteiger partial charge in [-0.25, -0.2) is 4.79 Å². The van der Waals surface area contributed by atoms with E-state index in [-0.39, 0.29) is 5.91 Å². The van der Waals surface area contributed by atoms with Gasteiger partial charge in [0.1, 0.15) is 0 Å². The number of carbonyl (C=O) groups excluding carboxylic acids is 2. The molecule has 0 aliphatic carbocycles. The van der Waals surface area contributed by atoms with E-state index < -0.39 is 12.1 Å². The third kappa shape index (κ3) is 3.63. The van der Waals surface area contributed by atoms with Gasteiger partial charge in [-0.05, 0) is 37.3 Å². The van der Waals surface area contributed by atoms with Crippen LogP contribution < -0.4 is 4.90 Å². The molecule has 0 fully saturated rings. The number of carbonyl (C=O) groups is 2. The molecule has 0 saturated heterocycles. The number of aromatic nitrogens is 2. The molecular weight excluding hydrogens is 318 g/mol. The van der Waals surface area contributed by atoms with Crippen LogP contribution in [-0.4, -0.2) is 35.0 Å². The molecule has 25 heavy (non-hydrogen) atoms. The highest BCUT2D eigenvalue weighted by atomic mass is 16.5. The van der Waals surface area contributed by atoms with Gasteiger partial charge in [-0.15, -0.1) is 0 Å². The fourth-order valence-electron chi connectivity index (χ4n) is 2.42. The second kappa shape index (κ2) is 7.09. The molecule has 0 saturated carbocycles. The fraction of sp³-hybridized carbons (Fsp3) is 0.158. The van der Waals surface area contributed by atoms with E-state index in [4.69, 9.17) is 4.74 Å². The number of para-hydroxylation sites is 1. The van der Waals surface area contributed by atoms with Crippen molar-refractivity contribution in [2.75, 3.05) is 11.9 Å². The van der Waals surface area contributed by atoms with Gasteiger partial charge in [0.2, 0.25) is 0 Å². The van der Waals surface area contributed by atoms with E-state index in [0.717, 1.165) is 5.69 Å². The number of likely N-dealkylation sites (N-methyl/N-ethyl adjacent to an activating group) is 1. The van der Waals surface area contributed by atoms with Crippen LogP contribution in [0.2, 0.25) is 0 Å². The minimum atomic E-state index is -0.907. The van der Waals surface area contributed by atoms with Crippen molar-refractivity contribution in [3.05, 3.63) is 66.5 Å². The number of fused-ring (bicyclic) bond motifs is 1. The molecule has 6 nitrogen and oxygen atoms in total. The maximum absolute atomic E-state index is 12.4. The Kier molecular flexibility index (Phi) is 4.70. The van der Waals surface area contributed by atoms with E-state index in [9.17, 15) is 9.59 Å². The van der Waals surface area contributed by atoms with Crippen molar-refractivity contribution < 1.29 is 14.3 Å². The first-order valence-corrected chi connectivity index (χ1v) is 7.80. The molecule has 1 aromatic heterocycles. The summed E-state index contributed by atoms with van der Waals surface area (Å²) < 4.78 is 5.31. The predicted octanol–water partition coefficient (Wildman–Crippen LogP) is 2.84. The molecule has 0 spiro atoms. The Hall–Kier alpha value is -3.28. The summed E-state index contributed by atoms with van der Waals surface area (Å²) >= 11 is 0. The smallest absolute Gasteiger partial charge is 0.338 e. The van der Waals surface area contributed by atoms with Crippen LogP contribution in [0, 0.1) is 0 Å². The van der Waals surface area contributed by atoms with Crippen LogP contribution in [0.1, 0.15) is 17.3 Å². The third-order valence-corrected chi connectivity index (χ3v) is 3.81. The highest BCUT2D eigenvalue weighted by Crippen LogP contribution is 2.15. The van der Waals surface area contributed by atoms with Gasteiger partial charge in [0, 0.05) is 25.1 Å². The van der Waals surface area contributed by atoms with Crippen molar-refractivity contribution in [3.63, 3.8) is 0 Å². The number of anilines is 1. The number of amides is 1. The second-order valence-electron chi connectivity index (χ2n) is 5.54. The van der Waals surface area contributed by atoms with Crippen LogP contribution >= 0.6 is 0 Å². The summed E-state index contributed by atoms with van der Waals surface area (Å²) in [5.41, 5.74) is 2.34. The number of esters is 1. The average molecular weight is 335 g/mol. The molecule has 1 atom stereocenters. The number of nitrogens with zero attached hydrogens (tertiary/aromatic N) is 3. The van der Waals surface area contributed by atoms with Gasteiger partial charge >= 0.3 is 5.97 Å². The highest BCUT2D eigenvalue weighted by molar-refractivity contribution is 5.99. The summed E-state index contributed by atoms with van der Waals surface area (Å²) in [6, 6.07) is 14.1. The van der Waals surface area contributed by atoms with E-state index in [1.807, 2.05) is 30.3 Å². The van der Waals surface area contributed by atoms with Gasteiger partial charge in [-0.3, -0.25) is 14.8 Å². The molecule has 2 aromatic carbocycles. The first-order chi connectivity index (χ1) is 12.1. The van der Waals surface area contributed by atoms with Crippen molar-refractivity contribution in [1.82, 2.24) is 9.97 Å². The SMILES string of the molecule is CC(OC(=O)c1ccc2nccnc2c1)C(=O)N(C)c1ccccc1. The van der Waals surface area contributed by atoms with Gasteiger partial charge in [-0.2, -0.15) is 0 Å². The average Bonchev–Trinajstić information content (AvgIpc) is 2.67. The molecule has 0 bridgehead atoms. The standard InChI is InChI=1S/C19H17N3O3/c1-13(18(23)22(2)15-6-4-3-5-7-15)25-19(24)14-8-9-16-17(12-14)21-11-10-20-16/h3-13H,1-2H3. The Bertz CT molecular complexity index is 912. The zero-order chi connectivity index (χ0) is 17.8. The predicted molar refractivity (Wildman–Crippen MR) is 94.3 cm³/mol. The molecule has 3 aromatic rings. The normalized spacial score (nSPS) is 11.8. The van der Waals surface area contributed by atoms with Crippen LogP contribution in [0.25, 0.3) is 11.0 Å². The quantitative estimate of drug-likeness (QED) is 0.686. The Morgan fingerprint density at radius 1 is 1.00 bits per heavy atom. The molecule has 0 radical (unpaired) electrons. The maximum atomic E-state index is 12.4. The number of hydrogen-bond donors (Lipinski definition) is 0. The number of hydrogen-bond acceptors (Lipinski definition) is 5. The van der Waals surface area contributed by atoms with Crippen molar-refractivity contribution in [2.24, 2.45) is 0 Å². The second-order valence-corrected chi connectivity index (χ2v) is 5.54. The fourth-order valence-corrected chi connectivity index (χ4v) is 2.42. The van der Waals surface area contributed by atoms with E-state index in [1.165, 1.54) is 4.90 Å². The van der Waals surface area contributed by atoms with E-state index in [1.54, 1.807) is 44.6 Å². The van der Waals surface area contributed by atoms with E-state index in [2.05, 4.69) is 9.97 Å². The third-order valence-electron chi connectivity index (χ3n) is 3.81. The summed E-state index contributed by atoms with van der Waals surface area (Å²) in [7, 11) is 1.65. The highest BCUT2D eigenvalue weighted by Gasteiger charge is 2.23. The number of benzene rings is 2. The van der Waals surface area contributed by atoms with Crippen molar-refractivity contribution in [3.8, 4) is 0 Å². The molecule has 1 amide bonds. The maximum Gasteiger partial charge on any atom is 0.338 e. The first-order valence-electron chi connectivity index (χ1n) is 7.80. The molecule has 126 valence electrons. The van der Waals surface area contributed by atoms with Gasteiger partial charge in [0.25, 0.3) is 5.91 Å². The van der Waals surface area contributed by atoms with Crippen LogP contribution in [0.4, 0.5) is 5.69 Å². The van der Waals surface area contributed by atoms with Crippen molar-refractivity contribution in [1.29, 1.82) is 0 Å². The zero-order valence-corrected chi connectivity index (χ0v) is 13.9. The summed E-state index contributed by atoms with van der Waals surface area (Å²) in [4.78, 5) is 34.5. The Labute approximate surface area is 145 Å². The molecule has 1 heterocycles. The zero-order valence-electron chi connectivity index (χ0n) is 13.9. The first kappa shape index (κ1) is 16.6. The van der Waals surface area contributed by atoms with Crippen molar-refractivity contribution >= 4 is 28.6 Å². The monoisotopic (exact) mass is 335 g/mol. The van der Waals surface area contributed by atoms with Gasteiger partial charge in [0.05, 0.1) is 16.6 Å². The molecule has 0 N–H and O–H groups in total. The lowest BCUT2D eigenvalue weighted by Crippen LogP contribution is -2.37. The Balaban J connectivity index is 1.71. The minimum Gasteiger partial charge on any atom is -0.449 e. The summed E-state index contributed by atoms with van der Waals surface area (Å²) in [6.45, 7) is 1.56. The van der Waals surface area contributed by atoms with Crippen molar-refractivity contribution in [2.45, 2.75) is 13.0 Å². The molecule has 3 rings (SSSR count). The largest absolute Gasteiger partial charge is 0.449 e. The van der Waals surface area contributed by atoms with E-state index in [0.29, 0.717) is 16.6 Å². The van der Waals surface area contributed by atoms with Gasteiger partial charge in [-0.1, -0.05) is 18.2 Å². The lowest BCUT2D eigenvalue weighted by molar-refractivity contribution is -0.126. The minimum absolute atomic E-state index is 0.305.